The highest BCUT2D eigenvalue weighted by atomic mass is 16.5. The summed E-state index contributed by atoms with van der Waals surface area (Å²) in [4.78, 5) is 11.8. The van der Waals surface area contributed by atoms with Gasteiger partial charge < -0.3 is 15.4 Å². The van der Waals surface area contributed by atoms with E-state index >= 15 is 0 Å². The molecule has 104 valence electrons. The Kier molecular flexibility index (Phi) is 5.21. The lowest BCUT2D eigenvalue weighted by atomic mass is 10.00. The minimum absolute atomic E-state index is 0.0933. The summed E-state index contributed by atoms with van der Waals surface area (Å²) in [5.74, 6) is 1.49. The van der Waals surface area contributed by atoms with Crippen LogP contribution in [0.25, 0.3) is 0 Å². The first-order chi connectivity index (χ1) is 9.28. The predicted octanol–water partition coefficient (Wildman–Crippen LogP) is 1.35. The molecule has 1 unspecified atom stereocenters. The van der Waals surface area contributed by atoms with E-state index in [-0.39, 0.29) is 5.91 Å². The average molecular weight is 262 g/mol. The van der Waals surface area contributed by atoms with Crippen LogP contribution in [-0.4, -0.2) is 32.7 Å². The lowest BCUT2D eigenvalue weighted by Gasteiger charge is -2.22. The van der Waals surface area contributed by atoms with Gasteiger partial charge in [-0.05, 0) is 49.5 Å². The van der Waals surface area contributed by atoms with Gasteiger partial charge in [-0.15, -0.1) is 0 Å². The van der Waals surface area contributed by atoms with Crippen molar-refractivity contribution >= 4 is 5.91 Å². The van der Waals surface area contributed by atoms with E-state index in [1.807, 2.05) is 24.3 Å². The molecule has 1 amide bonds. The monoisotopic (exact) mass is 262 g/mol. The zero-order valence-electron chi connectivity index (χ0n) is 11.4. The maximum Gasteiger partial charge on any atom is 0.224 e. The number of nitrogens with one attached hydrogen (secondary N) is 2. The molecule has 1 heterocycles. The Morgan fingerprint density at radius 2 is 2.21 bits per heavy atom. The maximum absolute atomic E-state index is 11.8. The highest BCUT2D eigenvalue weighted by Crippen LogP contribution is 2.12. The number of hydrogen-bond donors (Lipinski definition) is 2. The summed E-state index contributed by atoms with van der Waals surface area (Å²) in [5, 5.41) is 6.37. The summed E-state index contributed by atoms with van der Waals surface area (Å²) in [7, 11) is 1.64. The minimum atomic E-state index is 0.0933. The Labute approximate surface area is 114 Å². The molecule has 1 aromatic carbocycles. The van der Waals surface area contributed by atoms with Crippen molar-refractivity contribution in [3.8, 4) is 5.75 Å². The number of hydrogen-bond acceptors (Lipinski definition) is 3. The second kappa shape index (κ2) is 7.14. The topological polar surface area (TPSA) is 50.4 Å². The fourth-order valence-corrected chi connectivity index (χ4v) is 2.35. The van der Waals surface area contributed by atoms with Crippen molar-refractivity contribution in [3.05, 3.63) is 29.8 Å². The number of rotatable bonds is 5. The molecule has 0 saturated carbocycles. The first-order valence-corrected chi connectivity index (χ1v) is 6.88. The van der Waals surface area contributed by atoms with Crippen LogP contribution >= 0.6 is 0 Å². The van der Waals surface area contributed by atoms with Crippen molar-refractivity contribution in [2.24, 2.45) is 5.92 Å². The fraction of sp³-hybridized carbons (Fsp3) is 0.533. The van der Waals surface area contributed by atoms with Gasteiger partial charge in [0.15, 0.2) is 0 Å². The smallest absolute Gasteiger partial charge is 0.224 e. The zero-order chi connectivity index (χ0) is 13.5. The molecule has 0 spiro atoms. The molecule has 1 aromatic rings. The number of ether oxygens (including phenoxy) is 1. The van der Waals surface area contributed by atoms with Gasteiger partial charge in [0.2, 0.25) is 5.91 Å². The van der Waals surface area contributed by atoms with E-state index in [1.54, 1.807) is 7.11 Å². The fourth-order valence-electron chi connectivity index (χ4n) is 2.35. The molecule has 2 N–H and O–H groups in total. The molecule has 4 heteroatoms. The summed E-state index contributed by atoms with van der Waals surface area (Å²) in [6.45, 7) is 2.90. The number of methoxy groups -OCH3 is 1. The van der Waals surface area contributed by atoms with Crippen LogP contribution in [0, 0.1) is 5.92 Å². The summed E-state index contributed by atoms with van der Waals surface area (Å²) < 4.78 is 5.09. The van der Waals surface area contributed by atoms with Gasteiger partial charge in [-0.1, -0.05) is 12.1 Å². The van der Waals surface area contributed by atoms with Crippen LogP contribution in [0.15, 0.2) is 24.3 Å². The van der Waals surface area contributed by atoms with Gasteiger partial charge >= 0.3 is 0 Å². The van der Waals surface area contributed by atoms with E-state index in [0.29, 0.717) is 12.3 Å². The SMILES string of the molecule is COc1ccc(CC(=O)NCC2CCCNC2)cc1. The number of piperidine rings is 1. The maximum atomic E-state index is 11.8. The molecular weight excluding hydrogens is 240 g/mol. The number of benzene rings is 1. The second-order valence-electron chi connectivity index (χ2n) is 5.04. The Balaban J connectivity index is 1.73. The van der Waals surface area contributed by atoms with E-state index in [1.165, 1.54) is 12.8 Å². The lowest BCUT2D eigenvalue weighted by molar-refractivity contribution is -0.120. The lowest BCUT2D eigenvalue weighted by Crippen LogP contribution is -2.38. The van der Waals surface area contributed by atoms with Gasteiger partial charge in [0.1, 0.15) is 5.75 Å². The predicted molar refractivity (Wildman–Crippen MR) is 75.3 cm³/mol. The normalized spacial score (nSPS) is 18.9. The summed E-state index contributed by atoms with van der Waals surface area (Å²) in [5.41, 5.74) is 1.01. The molecule has 1 fully saturated rings. The van der Waals surface area contributed by atoms with E-state index in [0.717, 1.165) is 30.9 Å². The summed E-state index contributed by atoms with van der Waals surface area (Å²) >= 11 is 0. The van der Waals surface area contributed by atoms with Gasteiger partial charge in [0.25, 0.3) is 0 Å². The van der Waals surface area contributed by atoms with Crippen molar-refractivity contribution in [2.45, 2.75) is 19.3 Å². The van der Waals surface area contributed by atoms with Crippen LogP contribution < -0.4 is 15.4 Å². The number of carbonyl (C=O) groups is 1. The first-order valence-electron chi connectivity index (χ1n) is 6.88. The van der Waals surface area contributed by atoms with Crippen molar-refractivity contribution in [2.75, 3.05) is 26.7 Å². The third kappa shape index (κ3) is 4.56. The highest BCUT2D eigenvalue weighted by Gasteiger charge is 2.13. The third-order valence-corrected chi connectivity index (χ3v) is 3.51. The molecule has 1 aliphatic heterocycles. The molecule has 0 radical (unpaired) electrons. The van der Waals surface area contributed by atoms with Gasteiger partial charge in [0.05, 0.1) is 13.5 Å². The van der Waals surface area contributed by atoms with Crippen LogP contribution in [0.5, 0.6) is 5.75 Å². The molecule has 19 heavy (non-hydrogen) atoms. The van der Waals surface area contributed by atoms with E-state index in [9.17, 15) is 4.79 Å². The molecule has 0 aliphatic carbocycles. The summed E-state index contributed by atoms with van der Waals surface area (Å²) in [6.07, 6.45) is 2.85. The van der Waals surface area contributed by atoms with Crippen molar-refractivity contribution in [3.63, 3.8) is 0 Å². The van der Waals surface area contributed by atoms with Gasteiger partial charge in [-0.25, -0.2) is 0 Å². The van der Waals surface area contributed by atoms with Crippen LogP contribution in [-0.2, 0) is 11.2 Å². The second-order valence-corrected chi connectivity index (χ2v) is 5.04. The van der Waals surface area contributed by atoms with Gasteiger partial charge in [-0.3, -0.25) is 4.79 Å². The van der Waals surface area contributed by atoms with E-state index in [4.69, 9.17) is 4.74 Å². The Morgan fingerprint density at radius 1 is 1.42 bits per heavy atom. The standard InChI is InChI=1S/C15H22N2O2/c1-19-14-6-4-12(5-7-14)9-15(18)17-11-13-3-2-8-16-10-13/h4-7,13,16H,2-3,8-11H2,1H3,(H,17,18). The Morgan fingerprint density at radius 3 is 2.84 bits per heavy atom. The van der Waals surface area contributed by atoms with E-state index in [2.05, 4.69) is 10.6 Å². The van der Waals surface area contributed by atoms with Crippen LogP contribution in [0.2, 0.25) is 0 Å². The minimum Gasteiger partial charge on any atom is -0.497 e. The molecule has 1 atom stereocenters. The van der Waals surface area contributed by atoms with Gasteiger partial charge in [-0.2, -0.15) is 0 Å². The average Bonchev–Trinajstić information content (AvgIpc) is 2.47. The largest absolute Gasteiger partial charge is 0.497 e. The molecule has 0 aromatic heterocycles. The molecular formula is C15H22N2O2. The highest BCUT2D eigenvalue weighted by molar-refractivity contribution is 5.78. The third-order valence-electron chi connectivity index (χ3n) is 3.51. The zero-order valence-corrected chi connectivity index (χ0v) is 11.4. The Bertz CT molecular complexity index is 397. The Hall–Kier alpha value is -1.55. The molecule has 1 saturated heterocycles. The van der Waals surface area contributed by atoms with E-state index < -0.39 is 0 Å². The first kappa shape index (κ1) is 13.9. The van der Waals surface area contributed by atoms with Crippen LogP contribution in [0.3, 0.4) is 0 Å². The quantitative estimate of drug-likeness (QED) is 0.842. The molecule has 4 nitrogen and oxygen atoms in total. The molecule has 2 rings (SSSR count). The van der Waals surface area contributed by atoms with Crippen LogP contribution in [0.4, 0.5) is 0 Å². The van der Waals surface area contributed by atoms with Crippen LogP contribution in [0.1, 0.15) is 18.4 Å². The summed E-state index contributed by atoms with van der Waals surface area (Å²) in [6, 6.07) is 7.63. The number of amides is 1. The van der Waals surface area contributed by atoms with Crippen molar-refractivity contribution < 1.29 is 9.53 Å². The number of carbonyl (C=O) groups excluding carboxylic acids is 1. The van der Waals surface area contributed by atoms with Crippen molar-refractivity contribution in [1.82, 2.24) is 10.6 Å². The van der Waals surface area contributed by atoms with Crippen molar-refractivity contribution in [1.29, 1.82) is 0 Å². The molecule has 0 bridgehead atoms. The van der Waals surface area contributed by atoms with Gasteiger partial charge in [0, 0.05) is 6.54 Å². The molecule has 1 aliphatic rings.